The molecule has 0 aromatic heterocycles. The zero-order chi connectivity index (χ0) is 16.5. The molecule has 2 N–H and O–H groups in total. The third-order valence-electron chi connectivity index (χ3n) is 2.73. The summed E-state index contributed by atoms with van der Waals surface area (Å²) >= 11 is 5.09. The fourth-order valence-electron chi connectivity index (χ4n) is 1.66. The number of anilines is 1. The molecule has 0 spiro atoms. The van der Waals surface area contributed by atoms with Gasteiger partial charge in [-0.25, -0.2) is 4.39 Å². The Morgan fingerprint density at radius 3 is 2.52 bits per heavy atom. The average Bonchev–Trinajstić information content (AvgIpc) is 2.56. The third kappa shape index (κ3) is 5.88. The van der Waals surface area contributed by atoms with E-state index in [0.29, 0.717) is 17.4 Å². The lowest BCUT2D eigenvalue weighted by atomic mass is 10.2. The molecule has 0 atom stereocenters. The van der Waals surface area contributed by atoms with Crippen LogP contribution < -0.4 is 15.5 Å². The number of halogens is 1. The van der Waals surface area contributed by atoms with E-state index in [2.05, 4.69) is 22.4 Å². The number of nitrogens with one attached hydrogen (secondary N) is 2. The summed E-state index contributed by atoms with van der Waals surface area (Å²) in [7, 11) is 0. The van der Waals surface area contributed by atoms with Gasteiger partial charge in [0.25, 0.3) is 0 Å². The van der Waals surface area contributed by atoms with Crippen molar-refractivity contribution < 1.29 is 9.13 Å². The van der Waals surface area contributed by atoms with Crippen molar-refractivity contribution in [3.63, 3.8) is 0 Å². The molecule has 0 saturated carbocycles. The number of hydrazone groups is 1. The van der Waals surface area contributed by atoms with E-state index >= 15 is 0 Å². The Bertz CT molecular complexity index is 684. The van der Waals surface area contributed by atoms with Crippen LogP contribution in [0.4, 0.5) is 10.1 Å². The van der Waals surface area contributed by atoms with E-state index in [9.17, 15) is 4.39 Å². The van der Waals surface area contributed by atoms with Crippen LogP contribution >= 0.6 is 12.2 Å². The van der Waals surface area contributed by atoms with Crippen LogP contribution in [0, 0.1) is 5.82 Å². The minimum absolute atomic E-state index is 0.298. The highest BCUT2D eigenvalue weighted by atomic mass is 32.1. The van der Waals surface area contributed by atoms with E-state index in [1.54, 1.807) is 24.4 Å². The zero-order valence-corrected chi connectivity index (χ0v) is 13.1. The second kappa shape index (κ2) is 8.65. The number of rotatable bonds is 6. The zero-order valence-electron chi connectivity index (χ0n) is 12.3. The maximum Gasteiger partial charge on any atom is 0.191 e. The largest absolute Gasteiger partial charge is 0.490 e. The van der Waals surface area contributed by atoms with Crippen LogP contribution in [0.3, 0.4) is 0 Å². The van der Waals surface area contributed by atoms with E-state index in [1.165, 1.54) is 12.1 Å². The molecule has 0 bridgehead atoms. The van der Waals surface area contributed by atoms with Crippen molar-refractivity contribution in [1.29, 1.82) is 0 Å². The van der Waals surface area contributed by atoms with Crippen molar-refractivity contribution in [1.82, 2.24) is 5.43 Å². The van der Waals surface area contributed by atoms with Gasteiger partial charge in [-0.1, -0.05) is 12.7 Å². The molecule has 0 unspecified atom stereocenters. The number of hydrogen-bond acceptors (Lipinski definition) is 3. The van der Waals surface area contributed by atoms with Gasteiger partial charge in [0.15, 0.2) is 5.11 Å². The molecule has 0 saturated heterocycles. The van der Waals surface area contributed by atoms with Gasteiger partial charge in [-0.15, -0.1) is 0 Å². The Morgan fingerprint density at radius 1 is 1.17 bits per heavy atom. The molecule has 2 rings (SSSR count). The first-order valence-electron chi connectivity index (χ1n) is 6.87. The average molecular weight is 329 g/mol. The minimum Gasteiger partial charge on any atom is -0.490 e. The lowest BCUT2D eigenvalue weighted by Gasteiger charge is -2.06. The first-order valence-corrected chi connectivity index (χ1v) is 7.27. The van der Waals surface area contributed by atoms with Crippen molar-refractivity contribution in [2.75, 3.05) is 11.9 Å². The van der Waals surface area contributed by atoms with Gasteiger partial charge in [0.2, 0.25) is 0 Å². The van der Waals surface area contributed by atoms with Gasteiger partial charge < -0.3 is 10.1 Å². The first kappa shape index (κ1) is 16.6. The van der Waals surface area contributed by atoms with Crippen LogP contribution in [0.25, 0.3) is 0 Å². The number of nitrogens with zero attached hydrogens (tertiary/aromatic N) is 1. The Morgan fingerprint density at radius 2 is 1.87 bits per heavy atom. The summed E-state index contributed by atoms with van der Waals surface area (Å²) in [5.74, 6) is 0.469. The number of benzene rings is 2. The van der Waals surface area contributed by atoms with Gasteiger partial charge in [-0.2, -0.15) is 5.10 Å². The second-order valence-electron chi connectivity index (χ2n) is 4.50. The molecule has 0 aliphatic rings. The molecule has 0 aliphatic carbocycles. The minimum atomic E-state index is -0.298. The van der Waals surface area contributed by atoms with Crippen LogP contribution in [-0.2, 0) is 0 Å². The standard InChI is InChI=1S/C17H16FN3OS/c1-2-11-22-16-9-3-13(4-10-16)12-19-21-17(23)20-15-7-5-14(18)6-8-15/h2-10,12H,1,11H2,(H2,20,21,23). The van der Waals surface area contributed by atoms with Crippen molar-refractivity contribution in [2.45, 2.75) is 0 Å². The topological polar surface area (TPSA) is 45.6 Å². The summed E-state index contributed by atoms with van der Waals surface area (Å²) in [6, 6.07) is 13.3. The molecular formula is C17H16FN3OS. The van der Waals surface area contributed by atoms with Crippen molar-refractivity contribution in [3.8, 4) is 5.75 Å². The predicted octanol–water partition coefficient (Wildman–Crippen LogP) is 3.71. The predicted molar refractivity (Wildman–Crippen MR) is 95.5 cm³/mol. The van der Waals surface area contributed by atoms with Crippen molar-refractivity contribution >= 4 is 29.2 Å². The fraction of sp³-hybridized carbons (Fsp3) is 0.0588. The molecule has 6 heteroatoms. The normalized spacial score (nSPS) is 10.3. The highest BCUT2D eigenvalue weighted by Gasteiger charge is 1.97. The van der Waals surface area contributed by atoms with Crippen LogP contribution in [-0.4, -0.2) is 17.9 Å². The van der Waals surface area contributed by atoms with Gasteiger partial charge in [-0.05, 0) is 66.3 Å². The van der Waals surface area contributed by atoms with Gasteiger partial charge in [0, 0.05) is 5.69 Å². The first-order chi connectivity index (χ1) is 11.2. The molecule has 2 aromatic rings. The van der Waals surface area contributed by atoms with E-state index in [4.69, 9.17) is 17.0 Å². The molecular weight excluding hydrogens is 313 g/mol. The van der Waals surface area contributed by atoms with Gasteiger partial charge in [-0.3, -0.25) is 5.43 Å². The lowest BCUT2D eigenvalue weighted by molar-refractivity contribution is 0.363. The molecule has 0 fully saturated rings. The Labute approximate surface area is 139 Å². The second-order valence-corrected chi connectivity index (χ2v) is 4.91. The van der Waals surface area contributed by atoms with Crippen molar-refractivity contribution in [3.05, 3.63) is 72.6 Å². The SMILES string of the molecule is C=CCOc1ccc(C=NNC(=S)Nc2ccc(F)cc2)cc1. The third-order valence-corrected chi connectivity index (χ3v) is 2.92. The Hall–Kier alpha value is -2.73. The molecule has 0 aliphatic heterocycles. The Balaban J connectivity index is 1.82. The highest BCUT2D eigenvalue weighted by Crippen LogP contribution is 2.11. The quantitative estimate of drug-likeness (QED) is 0.367. The van der Waals surface area contributed by atoms with E-state index in [-0.39, 0.29) is 5.82 Å². The molecule has 0 amide bonds. The summed E-state index contributed by atoms with van der Waals surface area (Å²) in [5.41, 5.74) is 4.27. The van der Waals surface area contributed by atoms with E-state index in [1.807, 2.05) is 24.3 Å². The maximum absolute atomic E-state index is 12.8. The van der Waals surface area contributed by atoms with Crippen LogP contribution in [0.2, 0.25) is 0 Å². The molecule has 4 nitrogen and oxygen atoms in total. The molecule has 118 valence electrons. The fourth-order valence-corrected chi connectivity index (χ4v) is 1.83. The van der Waals surface area contributed by atoms with Crippen molar-refractivity contribution in [2.24, 2.45) is 5.10 Å². The summed E-state index contributed by atoms with van der Waals surface area (Å²) in [6.45, 7) is 4.06. The monoisotopic (exact) mass is 329 g/mol. The maximum atomic E-state index is 12.8. The lowest BCUT2D eigenvalue weighted by Crippen LogP contribution is -2.23. The number of ether oxygens (including phenoxy) is 1. The van der Waals surface area contributed by atoms with E-state index in [0.717, 1.165) is 11.3 Å². The van der Waals surface area contributed by atoms with E-state index < -0.39 is 0 Å². The summed E-state index contributed by atoms with van der Waals surface area (Å²) in [5, 5.41) is 7.25. The summed E-state index contributed by atoms with van der Waals surface area (Å²) in [4.78, 5) is 0. The van der Waals surface area contributed by atoms with Gasteiger partial charge in [0.05, 0.1) is 6.21 Å². The summed E-state index contributed by atoms with van der Waals surface area (Å²) in [6.07, 6.45) is 3.32. The summed E-state index contributed by atoms with van der Waals surface area (Å²) < 4.78 is 18.2. The smallest absolute Gasteiger partial charge is 0.191 e. The van der Waals surface area contributed by atoms with Gasteiger partial charge in [0.1, 0.15) is 18.2 Å². The number of hydrogen-bond donors (Lipinski definition) is 2. The van der Waals surface area contributed by atoms with Crippen LogP contribution in [0.15, 0.2) is 66.3 Å². The molecule has 0 heterocycles. The molecule has 23 heavy (non-hydrogen) atoms. The molecule has 2 aromatic carbocycles. The molecule has 0 radical (unpaired) electrons. The van der Waals surface area contributed by atoms with Crippen LogP contribution in [0.1, 0.15) is 5.56 Å². The van der Waals surface area contributed by atoms with Crippen LogP contribution in [0.5, 0.6) is 5.75 Å². The van der Waals surface area contributed by atoms with Gasteiger partial charge >= 0.3 is 0 Å². The number of thiocarbonyl (C=S) groups is 1. The Kier molecular flexibility index (Phi) is 6.26. The highest BCUT2D eigenvalue weighted by molar-refractivity contribution is 7.80.